The van der Waals surface area contributed by atoms with Gasteiger partial charge < -0.3 is 15.4 Å². The molecule has 0 saturated carbocycles. The molecule has 1 amide bonds. The maximum atomic E-state index is 11.4. The van der Waals surface area contributed by atoms with Crippen molar-refractivity contribution in [1.82, 2.24) is 10.6 Å². The van der Waals surface area contributed by atoms with Crippen LogP contribution in [0.3, 0.4) is 0 Å². The van der Waals surface area contributed by atoms with Gasteiger partial charge in [0.1, 0.15) is 5.75 Å². The first-order valence-corrected chi connectivity index (χ1v) is 7.33. The van der Waals surface area contributed by atoms with Crippen molar-refractivity contribution < 1.29 is 9.53 Å². The highest BCUT2D eigenvalue weighted by Crippen LogP contribution is 2.11. The molecule has 0 spiro atoms. The van der Waals surface area contributed by atoms with Crippen molar-refractivity contribution >= 4 is 18.3 Å². The lowest BCUT2D eigenvalue weighted by atomic mass is 10.2. The van der Waals surface area contributed by atoms with Gasteiger partial charge in [0, 0.05) is 13.0 Å². The second kappa shape index (κ2) is 12.5. The molecule has 1 aromatic rings. The molecule has 0 fully saturated rings. The van der Waals surface area contributed by atoms with Crippen LogP contribution >= 0.6 is 12.4 Å². The maximum absolute atomic E-state index is 11.4. The first-order valence-electron chi connectivity index (χ1n) is 7.33. The number of rotatable bonds is 10. The van der Waals surface area contributed by atoms with E-state index in [1.54, 1.807) is 0 Å². The number of benzene rings is 1. The third-order valence-corrected chi connectivity index (χ3v) is 3.01. The third kappa shape index (κ3) is 10.2. The molecule has 0 radical (unpaired) electrons. The fourth-order valence-electron chi connectivity index (χ4n) is 1.79. The smallest absolute Gasteiger partial charge is 0.220 e. The molecule has 0 aliphatic heterocycles. The SMILES string of the molecule is CNCCCC(=O)NCCCCOc1ccc(C)cc1.Cl. The Morgan fingerprint density at radius 1 is 1.10 bits per heavy atom. The third-order valence-electron chi connectivity index (χ3n) is 3.01. The lowest BCUT2D eigenvalue weighted by molar-refractivity contribution is -0.121. The topological polar surface area (TPSA) is 50.4 Å². The number of halogens is 1. The molecule has 0 heterocycles. The highest BCUT2D eigenvalue weighted by Gasteiger charge is 1.99. The van der Waals surface area contributed by atoms with Crippen LogP contribution in [0, 0.1) is 6.92 Å². The summed E-state index contributed by atoms with van der Waals surface area (Å²) in [6, 6.07) is 8.05. The summed E-state index contributed by atoms with van der Waals surface area (Å²) in [4.78, 5) is 11.4. The van der Waals surface area contributed by atoms with Crippen molar-refractivity contribution in [1.29, 1.82) is 0 Å². The van der Waals surface area contributed by atoms with Crippen molar-refractivity contribution in [2.24, 2.45) is 0 Å². The molecule has 2 N–H and O–H groups in total. The van der Waals surface area contributed by atoms with Gasteiger partial charge in [0.15, 0.2) is 0 Å². The number of aryl methyl sites for hydroxylation is 1. The summed E-state index contributed by atoms with van der Waals surface area (Å²) >= 11 is 0. The molecule has 0 aromatic heterocycles. The summed E-state index contributed by atoms with van der Waals surface area (Å²) < 4.78 is 5.63. The molecule has 1 aromatic carbocycles. The molecule has 4 nitrogen and oxygen atoms in total. The van der Waals surface area contributed by atoms with Crippen LogP contribution < -0.4 is 15.4 Å². The molecule has 1 rings (SSSR count). The number of carbonyl (C=O) groups is 1. The largest absolute Gasteiger partial charge is 0.494 e. The Hall–Kier alpha value is -1.26. The van der Waals surface area contributed by atoms with E-state index in [1.165, 1.54) is 5.56 Å². The molecule has 0 aliphatic carbocycles. The summed E-state index contributed by atoms with van der Waals surface area (Å²) in [6.45, 7) is 4.37. The average molecular weight is 315 g/mol. The average Bonchev–Trinajstić information content (AvgIpc) is 2.45. The number of nitrogens with one attached hydrogen (secondary N) is 2. The van der Waals surface area contributed by atoms with E-state index in [4.69, 9.17) is 4.74 Å². The van der Waals surface area contributed by atoms with Gasteiger partial charge in [-0.25, -0.2) is 0 Å². The molecule has 5 heteroatoms. The van der Waals surface area contributed by atoms with Crippen LogP contribution in [0.25, 0.3) is 0 Å². The summed E-state index contributed by atoms with van der Waals surface area (Å²) in [5.41, 5.74) is 1.23. The fraction of sp³-hybridized carbons (Fsp3) is 0.562. The Kier molecular flexibility index (Phi) is 11.7. The number of ether oxygens (including phenoxy) is 1. The zero-order valence-electron chi connectivity index (χ0n) is 13.0. The van der Waals surface area contributed by atoms with Crippen molar-refractivity contribution in [2.45, 2.75) is 32.6 Å². The van der Waals surface area contributed by atoms with Crippen LogP contribution in [0.4, 0.5) is 0 Å². The zero-order chi connectivity index (χ0) is 14.6. The predicted molar refractivity (Wildman–Crippen MR) is 89.3 cm³/mol. The predicted octanol–water partition coefficient (Wildman–Crippen LogP) is 2.69. The summed E-state index contributed by atoms with van der Waals surface area (Å²) in [5.74, 6) is 1.05. The summed E-state index contributed by atoms with van der Waals surface area (Å²) in [5, 5.41) is 5.95. The van der Waals surface area contributed by atoms with Crippen LogP contribution in [0.2, 0.25) is 0 Å². The van der Waals surface area contributed by atoms with E-state index in [0.717, 1.165) is 38.1 Å². The van der Waals surface area contributed by atoms with E-state index < -0.39 is 0 Å². The normalized spacial score (nSPS) is 9.81. The van der Waals surface area contributed by atoms with Gasteiger partial charge in [-0.1, -0.05) is 17.7 Å². The van der Waals surface area contributed by atoms with Gasteiger partial charge in [-0.2, -0.15) is 0 Å². The summed E-state index contributed by atoms with van der Waals surface area (Å²) in [6.07, 6.45) is 3.38. The van der Waals surface area contributed by atoms with Gasteiger partial charge in [0.2, 0.25) is 5.91 Å². The van der Waals surface area contributed by atoms with Gasteiger partial charge in [0.25, 0.3) is 0 Å². The highest BCUT2D eigenvalue weighted by atomic mass is 35.5. The van der Waals surface area contributed by atoms with Gasteiger partial charge >= 0.3 is 0 Å². The number of hydrogen-bond acceptors (Lipinski definition) is 3. The first kappa shape index (κ1) is 19.7. The Morgan fingerprint density at radius 3 is 2.48 bits per heavy atom. The molecule has 0 bridgehead atoms. The van der Waals surface area contributed by atoms with Crippen LogP contribution in [0.5, 0.6) is 5.75 Å². The Morgan fingerprint density at radius 2 is 1.81 bits per heavy atom. The van der Waals surface area contributed by atoms with Crippen molar-refractivity contribution in [3.05, 3.63) is 29.8 Å². The van der Waals surface area contributed by atoms with Crippen LogP contribution in [0.15, 0.2) is 24.3 Å². The van der Waals surface area contributed by atoms with Crippen LogP contribution in [0.1, 0.15) is 31.2 Å². The van der Waals surface area contributed by atoms with Gasteiger partial charge in [-0.15, -0.1) is 12.4 Å². The lowest BCUT2D eigenvalue weighted by Crippen LogP contribution is -2.25. The van der Waals surface area contributed by atoms with Crippen molar-refractivity contribution in [3.8, 4) is 5.75 Å². The maximum Gasteiger partial charge on any atom is 0.220 e. The van der Waals surface area contributed by atoms with Gasteiger partial charge in [-0.05, 0) is 51.9 Å². The minimum absolute atomic E-state index is 0. The highest BCUT2D eigenvalue weighted by molar-refractivity contribution is 5.85. The Labute approximate surface area is 134 Å². The van der Waals surface area contributed by atoms with Gasteiger partial charge in [0.05, 0.1) is 6.61 Å². The van der Waals surface area contributed by atoms with Gasteiger partial charge in [-0.3, -0.25) is 4.79 Å². The molecular formula is C16H27ClN2O2. The number of amides is 1. The monoisotopic (exact) mass is 314 g/mol. The lowest BCUT2D eigenvalue weighted by Gasteiger charge is -2.07. The Bertz CT molecular complexity index is 382. The quantitative estimate of drug-likeness (QED) is 0.653. The number of unbranched alkanes of at least 4 members (excludes halogenated alkanes) is 1. The Balaban J connectivity index is 0.00000400. The second-order valence-electron chi connectivity index (χ2n) is 4.93. The number of carbonyl (C=O) groups excluding carboxylic acids is 1. The minimum Gasteiger partial charge on any atom is -0.494 e. The van der Waals surface area contributed by atoms with E-state index in [9.17, 15) is 4.79 Å². The molecule has 0 unspecified atom stereocenters. The van der Waals surface area contributed by atoms with Crippen molar-refractivity contribution in [2.75, 3.05) is 26.7 Å². The van der Waals surface area contributed by atoms with Crippen molar-refractivity contribution in [3.63, 3.8) is 0 Å². The van der Waals surface area contributed by atoms with Crippen LogP contribution in [-0.4, -0.2) is 32.7 Å². The second-order valence-corrected chi connectivity index (χ2v) is 4.93. The molecule has 0 saturated heterocycles. The molecule has 21 heavy (non-hydrogen) atoms. The van der Waals surface area contributed by atoms with E-state index in [2.05, 4.69) is 17.6 Å². The standard InChI is InChI=1S/C16H26N2O2.ClH/c1-14-7-9-15(10-8-14)20-13-4-3-12-18-16(19)6-5-11-17-2;/h7-10,17H,3-6,11-13H2,1-2H3,(H,18,19);1H. The van der Waals surface area contributed by atoms with Crippen LogP contribution in [-0.2, 0) is 4.79 Å². The van der Waals surface area contributed by atoms with E-state index in [0.29, 0.717) is 13.0 Å². The van der Waals surface area contributed by atoms with E-state index >= 15 is 0 Å². The molecule has 120 valence electrons. The zero-order valence-corrected chi connectivity index (χ0v) is 13.8. The first-order chi connectivity index (χ1) is 9.72. The fourth-order valence-corrected chi connectivity index (χ4v) is 1.79. The molecule has 0 aliphatic rings. The van der Waals surface area contributed by atoms with E-state index in [1.807, 2.05) is 31.3 Å². The van der Waals surface area contributed by atoms with E-state index in [-0.39, 0.29) is 18.3 Å². The number of hydrogen-bond donors (Lipinski definition) is 2. The molecular weight excluding hydrogens is 288 g/mol. The molecule has 0 atom stereocenters. The minimum atomic E-state index is 0. The summed E-state index contributed by atoms with van der Waals surface area (Å²) in [7, 11) is 1.89.